The summed E-state index contributed by atoms with van der Waals surface area (Å²) in [4.78, 5) is 30.6. The standard InChI is InChI=1S/C29H35F4N3O5/c1-18-5-3-4-6-22(18)28(23(17-39)19-13-20(29(31,32)33)15-21(30)14-19)24-16-27(7-11-37,8-12-38)25(40)35(24)9-10-36(28)26(41)34-2/h3-6,13-15,23-24,37-39H,7-12,16-17H2,1-2H3,(H,34,41)/t23-,24?,28?/m0/s1. The van der Waals surface area contributed by atoms with Gasteiger partial charge in [-0.2, -0.15) is 13.2 Å². The Morgan fingerprint density at radius 1 is 1.10 bits per heavy atom. The van der Waals surface area contributed by atoms with E-state index in [4.69, 9.17) is 0 Å². The zero-order valence-electron chi connectivity index (χ0n) is 22.9. The van der Waals surface area contributed by atoms with Gasteiger partial charge in [0, 0.05) is 39.3 Å². The fourth-order valence-electron chi connectivity index (χ4n) is 7.04. The fraction of sp³-hybridized carbons (Fsp3) is 0.517. The number of halogens is 4. The van der Waals surface area contributed by atoms with Crippen LogP contribution in [0.3, 0.4) is 0 Å². The smallest absolute Gasteiger partial charge is 0.396 e. The second-order valence-electron chi connectivity index (χ2n) is 10.8. The largest absolute Gasteiger partial charge is 0.416 e. The summed E-state index contributed by atoms with van der Waals surface area (Å²) in [5.74, 6) is -2.82. The molecule has 0 aliphatic carbocycles. The van der Waals surface area contributed by atoms with E-state index in [0.29, 0.717) is 17.2 Å². The van der Waals surface area contributed by atoms with Gasteiger partial charge in [-0.1, -0.05) is 24.3 Å². The SMILES string of the molecule is CNC(=O)N1CCN2C(=O)C(CCO)(CCO)CC2C1(c1ccccc1C)[C@@H](CO)c1cc(F)cc(C(F)(F)F)c1. The highest BCUT2D eigenvalue weighted by molar-refractivity contribution is 5.87. The van der Waals surface area contributed by atoms with Crippen molar-refractivity contribution in [3.63, 3.8) is 0 Å². The summed E-state index contributed by atoms with van der Waals surface area (Å²) in [5, 5.41) is 33.4. The van der Waals surface area contributed by atoms with Gasteiger partial charge in [0.05, 0.1) is 29.2 Å². The number of alkyl halides is 3. The molecular formula is C29H35F4N3O5. The topological polar surface area (TPSA) is 113 Å². The highest BCUT2D eigenvalue weighted by Crippen LogP contribution is 2.57. The van der Waals surface area contributed by atoms with Crippen molar-refractivity contribution in [2.24, 2.45) is 5.41 Å². The summed E-state index contributed by atoms with van der Waals surface area (Å²) in [7, 11) is 1.40. The monoisotopic (exact) mass is 581 g/mol. The first-order valence-electron chi connectivity index (χ1n) is 13.5. The molecule has 4 N–H and O–H groups in total. The van der Waals surface area contributed by atoms with Gasteiger partial charge in [-0.25, -0.2) is 9.18 Å². The molecule has 0 aromatic heterocycles. The number of aliphatic hydroxyl groups excluding tert-OH is 3. The van der Waals surface area contributed by atoms with Gasteiger partial charge < -0.3 is 30.4 Å². The van der Waals surface area contributed by atoms with Crippen molar-refractivity contribution < 1.29 is 42.5 Å². The lowest BCUT2D eigenvalue weighted by atomic mass is 9.64. The van der Waals surface area contributed by atoms with E-state index in [0.717, 1.165) is 12.1 Å². The third-order valence-corrected chi connectivity index (χ3v) is 8.77. The number of aryl methyl sites for hydroxylation is 1. The van der Waals surface area contributed by atoms with Gasteiger partial charge in [-0.15, -0.1) is 0 Å². The molecule has 4 rings (SSSR count). The van der Waals surface area contributed by atoms with Crippen LogP contribution in [-0.4, -0.2) is 83.1 Å². The molecule has 2 aliphatic rings. The highest BCUT2D eigenvalue weighted by atomic mass is 19.4. The van der Waals surface area contributed by atoms with Gasteiger partial charge in [0.1, 0.15) is 5.82 Å². The second kappa shape index (κ2) is 11.6. The minimum Gasteiger partial charge on any atom is -0.396 e. The average molecular weight is 582 g/mol. The third kappa shape index (κ3) is 5.06. The number of piperazine rings is 1. The van der Waals surface area contributed by atoms with Crippen LogP contribution in [0.2, 0.25) is 0 Å². The highest BCUT2D eigenvalue weighted by Gasteiger charge is 2.65. The van der Waals surface area contributed by atoms with Gasteiger partial charge in [0.2, 0.25) is 5.91 Å². The summed E-state index contributed by atoms with van der Waals surface area (Å²) >= 11 is 0. The molecule has 2 fully saturated rings. The number of rotatable bonds is 8. The normalized spacial score (nSPS) is 23.0. The predicted molar refractivity (Wildman–Crippen MR) is 141 cm³/mol. The van der Waals surface area contributed by atoms with Crippen molar-refractivity contribution in [2.45, 2.75) is 49.9 Å². The van der Waals surface area contributed by atoms with Crippen molar-refractivity contribution in [1.82, 2.24) is 15.1 Å². The molecule has 41 heavy (non-hydrogen) atoms. The number of carbonyl (C=O) groups is 2. The number of urea groups is 1. The average Bonchev–Trinajstić information content (AvgIpc) is 3.20. The van der Waals surface area contributed by atoms with E-state index in [1.807, 2.05) is 0 Å². The molecule has 224 valence electrons. The van der Waals surface area contributed by atoms with Crippen LogP contribution >= 0.6 is 0 Å². The van der Waals surface area contributed by atoms with Crippen LogP contribution in [-0.2, 0) is 16.5 Å². The van der Waals surface area contributed by atoms with Crippen molar-refractivity contribution >= 4 is 11.9 Å². The number of hydrogen-bond acceptors (Lipinski definition) is 5. The number of nitrogens with one attached hydrogen (secondary N) is 1. The van der Waals surface area contributed by atoms with Crippen LogP contribution in [0.1, 0.15) is 47.4 Å². The minimum absolute atomic E-state index is 0.0190. The van der Waals surface area contributed by atoms with Crippen LogP contribution in [0.25, 0.3) is 0 Å². The molecule has 3 amide bonds. The molecule has 2 aliphatic heterocycles. The lowest BCUT2D eigenvalue weighted by Gasteiger charge is -2.58. The fourth-order valence-corrected chi connectivity index (χ4v) is 7.04. The summed E-state index contributed by atoms with van der Waals surface area (Å²) in [6.07, 6.45) is -4.81. The summed E-state index contributed by atoms with van der Waals surface area (Å²) < 4.78 is 56.3. The molecule has 0 saturated carbocycles. The minimum atomic E-state index is -4.88. The molecule has 2 aromatic rings. The zero-order chi connectivity index (χ0) is 30.2. The number of amides is 3. The summed E-state index contributed by atoms with van der Waals surface area (Å²) in [6.45, 7) is 0.301. The Kier molecular flexibility index (Phi) is 8.68. The third-order valence-electron chi connectivity index (χ3n) is 8.77. The molecule has 2 aromatic carbocycles. The Labute approximate surface area is 235 Å². The lowest BCUT2D eigenvalue weighted by molar-refractivity contribution is -0.143. The van der Waals surface area contributed by atoms with E-state index in [-0.39, 0.29) is 57.0 Å². The molecule has 0 radical (unpaired) electrons. The van der Waals surface area contributed by atoms with E-state index >= 15 is 0 Å². The Morgan fingerprint density at radius 3 is 2.32 bits per heavy atom. The molecule has 0 spiro atoms. The van der Waals surface area contributed by atoms with E-state index in [1.165, 1.54) is 11.9 Å². The first-order chi connectivity index (χ1) is 19.4. The number of aliphatic hydroxyl groups is 3. The summed E-state index contributed by atoms with van der Waals surface area (Å²) in [5.41, 5.74) is -3.18. The molecule has 3 atom stereocenters. The van der Waals surface area contributed by atoms with Crippen LogP contribution < -0.4 is 5.32 Å². The van der Waals surface area contributed by atoms with E-state index in [9.17, 15) is 42.5 Å². The molecule has 0 bridgehead atoms. The predicted octanol–water partition coefficient (Wildman–Crippen LogP) is 3.13. The van der Waals surface area contributed by atoms with Crippen molar-refractivity contribution in [3.8, 4) is 0 Å². The number of nitrogens with zero attached hydrogens (tertiary/aromatic N) is 2. The summed E-state index contributed by atoms with van der Waals surface area (Å²) in [6, 6.07) is 7.47. The molecule has 2 saturated heterocycles. The van der Waals surface area contributed by atoms with Gasteiger partial charge in [0.25, 0.3) is 0 Å². The van der Waals surface area contributed by atoms with Crippen molar-refractivity contribution in [1.29, 1.82) is 0 Å². The van der Waals surface area contributed by atoms with Crippen LogP contribution in [0.15, 0.2) is 42.5 Å². The maximum Gasteiger partial charge on any atom is 0.416 e. The molecule has 2 heterocycles. The maximum atomic E-state index is 14.8. The number of benzene rings is 2. The Bertz CT molecular complexity index is 1280. The van der Waals surface area contributed by atoms with E-state index < -0.39 is 53.1 Å². The van der Waals surface area contributed by atoms with Crippen molar-refractivity contribution in [3.05, 3.63) is 70.5 Å². The number of fused-ring (bicyclic) bond motifs is 1. The van der Waals surface area contributed by atoms with Gasteiger partial charge in [-0.3, -0.25) is 4.79 Å². The Hall–Kier alpha value is -3.22. The molecule has 2 unspecified atom stereocenters. The van der Waals surface area contributed by atoms with Gasteiger partial charge in [0.15, 0.2) is 0 Å². The number of hydrogen-bond donors (Lipinski definition) is 4. The van der Waals surface area contributed by atoms with Gasteiger partial charge in [-0.05, 0) is 61.1 Å². The van der Waals surface area contributed by atoms with Gasteiger partial charge >= 0.3 is 12.2 Å². The quantitative estimate of drug-likeness (QED) is 0.358. The van der Waals surface area contributed by atoms with Crippen LogP contribution in [0.4, 0.5) is 22.4 Å². The van der Waals surface area contributed by atoms with Crippen LogP contribution in [0, 0.1) is 18.2 Å². The molecular weight excluding hydrogens is 546 g/mol. The molecule has 8 nitrogen and oxygen atoms in total. The first kappa shape index (κ1) is 30.7. The molecule has 12 heteroatoms. The second-order valence-corrected chi connectivity index (χ2v) is 10.8. The lowest BCUT2D eigenvalue weighted by Crippen LogP contribution is -2.70. The Morgan fingerprint density at radius 2 is 1.76 bits per heavy atom. The first-order valence-corrected chi connectivity index (χ1v) is 13.5. The van der Waals surface area contributed by atoms with E-state index in [2.05, 4.69) is 5.32 Å². The Balaban J connectivity index is 2.10. The number of carbonyl (C=O) groups excluding carboxylic acids is 2. The van der Waals surface area contributed by atoms with Crippen LogP contribution in [0.5, 0.6) is 0 Å². The van der Waals surface area contributed by atoms with E-state index in [1.54, 1.807) is 36.1 Å². The zero-order valence-corrected chi connectivity index (χ0v) is 22.9. The maximum absolute atomic E-state index is 14.8. The van der Waals surface area contributed by atoms with Crippen molar-refractivity contribution in [2.75, 3.05) is 40.0 Å².